The van der Waals surface area contributed by atoms with Crippen LogP contribution in [0.1, 0.15) is 39.1 Å². The van der Waals surface area contributed by atoms with Gasteiger partial charge in [-0.2, -0.15) is 0 Å². The maximum atomic E-state index is 12.2. The number of rotatable bonds is 6. The minimum Gasteiger partial charge on any atom is -0.454 e. The molecule has 1 fully saturated rings. The Morgan fingerprint density at radius 1 is 1.07 bits per heavy atom. The van der Waals surface area contributed by atoms with Gasteiger partial charge in [-0.1, -0.05) is 29.8 Å². The van der Waals surface area contributed by atoms with E-state index in [1.54, 1.807) is 30.3 Å². The molecule has 0 N–H and O–H groups in total. The lowest BCUT2D eigenvalue weighted by molar-refractivity contribution is -0.384. The van der Waals surface area contributed by atoms with E-state index in [2.05, 4.69) is 0 Å². The number of aryl methyl sites for hydroxylation is 1. The highest BCUT2D eigenvalue weighted by atomic mass is 16.6. The van der Waals surface area contributed by atoms with Crippen LogP contribution >= 0.6 is 0 Å². The Kier molecular flexibility index (Phi) is 5.49. The van der Waals surface area contributed by atoms with Crippen LogP contribution < -0.4 is 4.90 Å². The normalized spacial score (nSPS) is 13.4. The minimum atomic E-state index is -0.758. The molecule has 0 aromatic heterocycles. The second-order valence-electron chi connectivity index (χ2n) is 6.52. The molecular weight excluding hydrogens is 348 g/mol. The fourth-order valence-corrected chi connectivity index (χ4v) is 3.06. The number of anilines is 1. The first-order chi connectivity index (χ1) is 13.0. The molecule has 0 atom stereocenters. The highest BCUT2D eigenvalue weighted by Gasteiger charge is 2.24. The second kappa shape index (κ2) is 7.99. The van der Waals surface area contributed by atoms with Crippen LogP contribution in [0.2, 0.25) is 0 Å². The maximum absolute atomic E-state index is 12.2. The summed E-state index contributed by atoms with van der Waals surface area (Å²) >= 11 is 0. The second-order valence-corrected chi connectivity index (χ2v) is 6.52. The molecular formula is C20H20N2O5. The van der Waals surface area contributed by atoms with Crippen LogP contribution in [0.25, 0.3) is 0 Å². The van der Waals surface area contributed by atoms with Gasteiger partial charge in [-0.3, -0.25) is 14.9 Å². The molecule has 3 rings (SSSR count). The third-order valence-electron chi connectivity index (χ3n) is 4.56. The molecule has 0 bridgehead atoms. The van der Waals surface area contributed by atoms with E-state index in [1.165, 1.54) is 12.1 Å². The molecule has 7 nitrogen and oxygen atoms in total. The topological polar surface area (TPSA) is 89.8 Å². The summed E-state index contributed by atoms with van der Waals surface area (Å²) in [5.74, 6) is -1.09. The number of ether oxygens (including phenoxy) is 1. The molecule has 1 aliphatic rings. The summed E-state index contributed by atoms with van der Waals surface area (Å²) in [5.41, 5.74) is 1.90. The number of carbonyl (C=O) groups excluding carboxylic acids is 2. The number of benzene rings is 2. The van der Waals surface area contributed by atoms with Gasteiger partial charge in [-0.25, -0.2) is 4.79 Å². The molecule has 0 amide bonds. The van der Waals surface area contributed by atoms with Crippen molar-refractivity contribution in [2.45, 2.75) is 19.8 Å². The molecule has 2 aromatic rings. The summed E-state index contributed by atoms with van der Waals surface area (Å²) in [6.45, 7) is 3.02. The summed E-state index contributed by atoms with van der Waals surface area (Å²) in [5, 5.41) is 11.4. The molecule has 0 unspecified atom stereocenters. The van der Waals surface area contributed by atoms with Crippen LogP contribution in [0.15, 0.2) is 42.5 Å². The fraction of sp³-hybridized carbons (Fsp3) is 0.300. The number of esters is 1. The Balaban J connectivity index is 1.70. The zero-order valence-corrected chi connectivity index (χ0v) is 15.0. The van der Waals surface area contributed by atoms with Crippen molar-refractivity contribution in [3.05, 3.63) is 69.3 Å². The van der Waals surface area contributed by atoms with Gasteiger partial charge in [0, 0.05) is 24.7 Å². The minimum absolute atomic E-state index is 0.0568. The number of ketones is 1. The van der Waals surface area contributed by atoms with E-state index in [9.17, 15) is 19.7 Å². The van der Waals surface area contributed by atoms with Crippen molar-refractivity contribution < 1.29 is 19.2 Å². The average Bonchev–Trinajstić information content (AvgIpc) is 3.20. The number of Topliss-reactive ketones (excluding diaryl/α,β-unsaturated/α-hetero) is 1. The van der Waals surface area contributed by atoms with Gasteiger partial charge in [0.15, 0.2) is 12.4 Å². The van der Waals surface area contributed by atoms with Crippen molar-refractivity contribution in [3.8, 4) is 0 Å². The third kappa shape index (κ3) is 4.31. The van der Waals surface area contributed by atoms with Gasteiger partial charge in [0.1, 0.15) is 5.69 Å². The Morgan fingerprint density at radius 2 is 1.70 bits per heavy atom. The Hall–Kier alpha value is -3.22. The predicted octanol–water partition coefficient (Wildman–Crippen LogP) is 3.54. The van der Waals surface area contributed by atoms with E-state index < -0.39 is 17.5 Å². The molecule has 27 heavy (non-hydrogen) atoms. The molecule has 7 heteroatoms. The van der Waals surface area contributed by atoms with Crippen LogP contribution in [0.4, 0.5) is 11.4 Å². The van der Waals surface area contributed by atoms with Crippen LogP contribution in [-0.2, 0) is 4.74 Å². The van der Waals surface area contributed by atoms with E-state index >= 15 is 0 Å². The molecule has 0 saturated carbocycles. The third-order valence-corrected chi connectivity index (χ3v) is 4.56. The van der Waals surface area contributed by atoms with Crippen LogP contribution in [0, 0.1) is 17.0 Å². The first-order valence-corrected chi connectivity index (χ1v) is 8.76. The van der Waals surface area contributed by atoms with E-state index in [4.69, 9.17) is 4.74 Å². The molecule has 1 heterocycles. The van der Waals surface area contributed by atoms with Crippen molar-refractivity contribution in [2.75, 3.05) is 24.6 Å². The van der Waals surface area contributed by atoms with Gasteiger partial charge in [0.2, 0.25) is 0 Å². The molecule has 1 aliphatic heterocycles. The lowest BCUT2D eigenvalue weighted by atomic mass is 10.1. The highest BCUT2D eigenvalue weighted by Crippen LogP contribution is 2.31. The van der Waals surface area contributed by atoms with Crippen molar-refractivity contribution in [1.29, 1.82) is 0 Å². The van der Waals surface area contributed by atoms with Gasteiger partial charge in [-0.15, -0.1) is 0 Å². The SMILES string of the molecule is Cc1ccc(C(=O)COC(=O)c2ccc(N3CCCC3)c([N+](=O)[O-])c2)cc1. The molecule has 0 radical (unpaired) electrons. The molecule has 0 aliphatic carbocycles. The first kappa shape index (κ1) is 18.6. The van der Waals surface area contributed by atoms with Gasteiger partial charge >= 0.3 is 5.97 Å². The van der Waals surface area contributed by atoms with Gasteiger partial charge < -0.3 is 9.64 Å². The fourth-order valence-electron chi connectivity index (χ4n) is 3.06. The zero-order chi connectivity index (χ0) is 19.4. The van der Waals surface area contributed by atoms with E-state index in [-0.39, 0.29) is 17.0 Å². The van der Waals surface area contributed by atoms with Crippen LogP contribution in [-0.4, -0.2) is 36.4 Å². The van der Waals surface area contributed by atoms with Crippen molar-refractivity contribution >= 4 is 23.1 Å². The number of nitrogens with zero attached hydrogens (tertiary/aromatic N) is 2. The van der Waals surface area contributed by atoms with Crippen molar-refractivity contribution in [3.63, 3.8) is 0 Å². The van der Waals surface area contributed by atoms with Gasteiger partial charge in [0.05, 0.1) is 10.5 Å². The molecule has 2 aromatic carbocycles. The Morgan fingerprint density at radius 3 is 2.33 bits per heavy atom. The maximum Gasteiger partial charge on any atom is 0.338 e. The molecule has 0 spiro atoms. The lowest BCUT2D eigenvalue weighted by Gasteiger charge is -2.17. The number of carbonyl (C=O) groups is 2. The number of nitro benzene ring substituents is 1. The summed E-state index contributed by atoms with van der Waals surface area (Å²) in [4.78, 5) is 37.2. The predicted molar refractivity (Wildman–Crippen MR) is 100 cm³/mol. The number of hydrogen-bond acceptors (Lipinski definition) is 6. The average molecular weight is 368 g/mol. The van der Waals surface area contributed by atoms with Crippen molar-refractivity contribution in [2.24, 2.45) is 0 Å². The Bertz CT molecular complexity index is 870. The van der Waals surface area contributed by atoms with Gasteiger partial charge in [-0.05, 0) is 31.9 Å². The smallest absolute Gasteiger partial charge is 0.338 e. The lowest BCUT2D eigenvalue weighted by Crippen LogP contribution is -2.19. The van der Waals surface area contributed by atoms with Crippen LogP contribution in [0.5, 0.6) is 0 Å². The summed E-state index contributed by atoms with van der Waals surface area (Å²) in [6.07, 6.45) is 1.98. The quantitative estimate of drug-likeness (QED) is 0.335. The monoisotopic (exact) mass is 368 g/mol. The van der Waals surface area contributed by atoms with Crippen LogP contribution in [0.3, 0.4) is 0 Å². The number of nitro groups is 1. The van der Waals surface area contributed by atoms with Crippen molar-refractivity contribution in [1.82, 2.24) is 0 Å². The first-order valence-electron chi connectivity index (χ1n) is 8.76. The van der Waals surface area contributed by atoms with E-state index in [1.807, 2.05) is 11.8 Å². The number of hydrogen-bond donors (Lipinski definition) is 0. The van der Waals surface area contributed by atoms with E-state index in [0.29, 0.717) is 11.3 Å². The standard InChI is InChI=1S/C20H20N2O5/c1-14-4-6-15(7-5-14)19(23)13-27-20(24)16-8-9-17(18(12-16)22(25)26)21-10-2-3-11-21/h4-9,12H,2-3,10-11,13H2,1H3. The summed E-state index contributed by atoms with van der Waals surface area (Å²) in [7, 11) is 0. The van der Waals surface area contributed by atoms with E-state index in [0.717, 1.165) is 31.5 Å². The highest BCUT2D eigenvalue weighted by molar-refractivity contribution is 5.99. The summed E-state index contributed by atoms with van der Waals surface area (Å²) < 4.78 is 5.05. The largest absolute Gasteiger partial charge is 0.454 e. The van der Waals surface area contributed by atoms with Gasteiger partial charge in [0.25, 0.3) is 5.69 Å². The zero-order valence-electron chi connectivity index (χ0n) is 15.0. The Labute approximate surface area is 156 Å². The summed E-state index contributed by atoms with van der Waals surface area (Å²) in [6, 6.07) is 11.2. The molecule has 140 valence electrons. The molecule has 1 saturated heterocycles.